The van der Waals surface area contributed by atoms with Crippen LogP contribution in [0.4, 0.5) is 10.5 Å². The van der Waals surface area contributed by atoms with Crippen molar-refractivity contribution in [1.29, 1.82) is 0 Å². The van der Waals surface area contributed by atoms with Gasteiger partial charge in [0.15, 0.2) is 0 Å². The number of hydrogen-bond acceptors (Lipinski definition) is 4. The van der Waals surface area contributed by atoms with Gasteiger partial charge in [0.1, 0.15) is 5.75 Å². The number of rotatable bonds is 4. The number of carbonyl (C=O) groups is 3. The van der Waals surface area contributed by atoms with Crippen molar-refractivity contribution in [3.05, 3.63) is 59.2 Å². The molecular formula is C19H19N3O5. The molecule has 0 fully saturated rings. The Morgan fingerprint density at radius 3 is 2.41 bits per heavy atom. The van der Waals surface area contributed by atoms with Gasteiger partial charge in [0.05, 0.1) is 12.0 Å². The van der Waals surface area contributed by atoms with Gasteiger partial charge < -0.3 is 26.2 Å². The highest BCUT2D eigenvalue weighted by Crippen LogP contribution is 2.40. The number of aliphatic carboxylic acids is 1. The second-order valence-corrected chi connectivity index (χ2v) is 6.23. The minimum Gasteiger partial charge on any atom is -0.508 e. The van der Waals surface area contributed by atoms with E-state index in [0.29, 0.717) is 22.4 Å². The van der Waals surface area contributed by atoms with Gasteiger partial charge in [-0.3, -0.25) is 9.59 Å². The molecular weight excluding hydrogens is 350 g/mol. The number of urea groups is 1. The van der Waals surface area contributed by atoms with Gasteiger partial charge in [-0.1, -0.05) is 12.1 Å². The van der Waals surface area contributed by atoms with Crippen LogP contribution in [0.2, 0.25) is 0 Å². The van der Waals surface area contributed by atoms with E-state index in [1.807, 2.05) is 0 Å². The molecule has 5 N–H and O–H groups in total. The lowest BCUT2D eigenvalue weighted by Crippen LogP contribution is -2.34. The molecule has 0 heterocycles. The van der Waals surface area contributed by atoms with Crippen molar-refractivity contribution in [2.45, 2.75) is 12.5 Å². The highest BCUT2D eigenvalue weighted by atomic mass is 16.4. The summed E-state index contributed by atoms with van der Waals surface area (Å²) in [5.41, 5.74) is 2.00. The molecule has 0 radical (unpaired) electrons. The molecule has 2 aromatic rings. The third-order valence-corrected chi connectivity index (χ3v) is 4.58. The van der Waals surface area contributed by atoms with Crippen molar-refractivity contribution < 1.29 is 24.6 Å². The van der Waals surface area contributed by atoms with E-state index in [-0.39, 0.29) is 18.2 Å². The second kappa shape index (κ2) is 7.36. The first-order chi connectivity index (χ1) is 12.9. The van der Waals surface area contributed by atoms with E-state index in [9.17, 15) is 24.6 Å². The van der Waals surface area contributed by atoms with Crippen molar-refractivity contribution >= 4 is 23.6 Å². The van der Waals surface area contributed by atoms with E-state index >= 15 is 0 Å². The number of aromatic hydroxyl groups is 1. The van der Waals surface area contributed by atoms with Crippen LogP contribution in [-0.4, -0.2) is 35.2 Å². The number of fused-ring (bicyclic) bond motifs is 1. The van der Waals surface area contributed by atoms with Crippen LogP contribution in [0.3, 0.4) is 0 Å². The number of phenolic OH excluding ortho intramolecular Hbond substituents is 1. The number of carboxylic acid groups (broad SMARTS) is 1. The Kier molecular flexibility index (Phi) is 4.98. The summed E-state index contributed by atoms with van der Waals surface area (Å²) in [6.45, 7) is 0. The molecule has 140 valence electrons. The van der Waals surface area contributed by atoms with Crippen LogP contribution >= 0.6 is 0 Å². The summed E-state index contributed by atoms with van der Waals surface area (Å²) in [7, 11) is 1.49. The molecule has 0 saturated heterocycles. The first kappa shape index (κ1) is 18.2. The van der Waals surface area contributed by atoms with Gasteiger partial charge in [-0.05, 0) is 42.3 Å². The Hall–Kier alpha value is -3.55. The number of carboxylic acids is 1. The van der Waals surface area contributed by atoms with Crippen LogP contribution in [-0.2, 0) is 11.2 Å². The molecule has 8 heteroatoms. The van der Waals surface area contributed by atoms with E-state index in [4.69, 9.17) is 0 Å². The molecule has 0 spiro atoms. The summed E-state index contributed by atoms with van der Waals surface area (Å²) in [6, 6.07) is 9.94. The first-order valence-electron chi connectivity index (χ1n) is 8.34. The zero-order valence-electron chi connectivity index (χ0n) is 14.5. The Bertz CT molecular complexity index is 895. The molecule has 3 amide bonds. The standard InChI is InChI=1S/C19H19N3O5/c1-20-19(27)21-11-7-5-10(6-8-11)17(24)22-16-12-3-2-4-15(23)13(12)9-14(16)18(25)26/h2-8,14,16,23H,9H2,1H3,(H,22,24)(H,25,26)(H2,20,21,27)/t14-,16+/m0/s1. The monoisotopic (exact) mass is 369 g/mol. The quantitative estimate of drug-likeness (QED) is 0.562. The van der Waals surface area contributed by atoms with Crippen LogP contribution in [0.15, 0.2) is 42.5 Å². The number of benzene rings is 2. The molecule has 0 bridgehead atoms. The molecule has 0 aliphatic heterocycles. The summed E-state index contributed by atoms with van der Waals surface area (Å²) in [6.07, 6.45) is 0.150. The Morgan fingerprint density at radius 2 is 1.78 bits per heavy atom. The van der Waals surface area contributed by atoms with Crippen molar-refractivity contribution in [2.75, 3.05) is 12.4 Å². The number of phenols is 1. The summed E-state index contributed by atoms with van der Waals surface area (Å²) >= 11 is 0. The zero-order chi connectivity index (χ0) is 19.6. The van der Waals surface area contributed by atoms with E-state index in [2.05, 4.69) is 16.0 Å². The number of nitrogens with one attached hydrogen (secondary N) is 3. The Labute approximate surface area is 155 Å². The normalized spacial score (nSPS) is 17.7. The topological polar surface area (TPSA) is 128 Å². The molecule has 1 aliphatic rings. The SMILES string of the molecule is CNC(=O)Nc1ccc(C(=O)N[C@@H]2c3cccc(O)c3C[C@@H]2C(=O)O)cc1. The summed E-state index contributed by atoms with van der Waals surface area (Å²) in [5.74, 6) is -2.30. The van der Waals surface area contributed by atoms with Gasteiger partial charge in [-0.15, -0.1) is 0 Å². The largest absolute Gasteiger partial charge is 0.508 e. The fraction of sp³-hybridized carbons (Fsp3) is 0.211. The van der Waals surface area contributed by atoms with Gasteiger partial charge in [0.2, 0.25) is 0 Å². The smallest absolute Gasteiger partial charge is 0.318 e. The highest BCUT2D eigenvalue weighted by Gasteiger charge is 2.39. The molecule has 0 unspecified atom stereocenters. The summed E-state index contributed by atoms with van der Waals surface area (Å²) in [5, 5.41) is 27.2. The summed E-state index contributed by atoms with van der Waals surface area (Å²) < 4.78 is 0. The molecule has 0 aromatic heterocycles. The molecule has 3 rings (SSSR count). The molecule has 8 nitrogen and oxygen atoms in total. The van der Waals surface area contributed by atoms with Gasteiger partial charge in [0, 0.05) is 23.9 Å². The molecule has 0 saturated carbocycles. The van der Waals surface area contributed by atoms with E-state index < -0.39 is 23.8 Å². The number of anilines is 1. The van der Waals surface area contributed by atoms with E-state index in [0.717, 1.165) is 0 Å². The molecule has 27 heavy (non-hydrogen) atoms. The maximum atomic E-state index is 12.6. The van der Waals surface area contributed by atoms with E-state index in [1.165, 1.54) is 25.2 Å². The van der Waals surface area contributed by atoms with Gasteiger partial charge in [-0.2, -0.15) is 0 Å². The van der Waals surface area contributed by atoms with Crippen LogP contribution in [0.25, 0.3) is 0 Å². The number of carbonyl (C=O) groups excluding carboxylic acids is 2. The average Bonchev–Trinajstić information content (AvgIpc) is 3.02. The first-order valence-corrected chi connectivity index (χ1v) is 8.34. The third-order valence-electron chi connectivity index (χ3n) is 4.58. The number of hydrogen-bond donors (Lipinski definition) is 5. The van der Waals surface area contributed by atoms with Crippen molar-refractivity contribution in [1.82, 2.24) is 10.6 Å². The van der Waals surface area contributed by atoms with Crippen LogP contribution in [0.1, 0.15) is 27.5 Å². The molecule has 2 atom stereocenters. The van der Waals surface area contributed by atoms with Crippen molar-refractivity contribution in [2.24, 2.45) is 5.92 Å². The predicted octanol–water partition coefficient (Wildman–Crippen LogP) is 1.87. The number of amides is 3. The highest BCUT2D eigenvalue weighted by molar-refractivity contribution is 5.96. The Balaban J connectivity index is 1.79. The maximum Gasteiger partial charge on any atom is 0.318 e. The van der Waals surface area contributed by atoms with Crippen LogP contribution in [0, 0.1) is 5.92 Å². The third kappa shape index (κ3) is 3.69. The lowest BCUT2D eigenvalue weighted by Gasteiger charge is -2.19. The maximum absolute atomic E-state index is 12.6. The molecule has 2 aromatic carbocycles. The lowest BCUT2D eigenvalue weighted by atomic mass is 10.00. The minimum absolute atomic E-state index is 0.0279. The fourth-order valence-electron chi connectivity index (χ4n) is 3.19. The Morgan fingerprint density at radius 1 is 1.07 bits per heavy atom. The second-order valence-electron chi connectivity index (χ2n) is 6.23. The molecule has 1 aliphatic carbocycles. The summed E-state index contributed by atoms with van der Waals surface area (Å²) in [4.78, 5) is 35.5. The van der Waals surface area contributed by atoms with Gasteiger partial charge >= 0.3 is 12.0 Å². The van der Waals surface area contributed by atoms with Crippen LogP contribution < -0.4 is 16.0 Å². The predicted molar refractivity (Wildman–Crippen MR) is 97.7 cm³/mol. The average molecular weight is 369 g/mol. The van der Waals surface area contributed by atoms with Crippen molar-refractivity contribution in [3.63, 3.8) is 0 Å². The van der Waals surface area contributed by atoms with Gasteiger partial charge in [-0.25, -0.2) is 4.79 Å². The lowest BCUT2D eigenvalue weighted by molar-refractivity contribution is -0.142. The minimum atomic E-state index is -1.04. The van der Waals surface area contributed by atoms with Crippen LogP contribution in [0.5, 0.6) is 5.75 Å². The van der Waals surface area contributed by atoms with Gasteiger partial charge in [0.25, 0.3) is 5.91 Å². The zero-order valence-corrected chi connectivity index (χ0v) is 14.5. The fourth-order valence-corrected chi connectivity index (χ4v) is 3.19. The van der Waals surface area contributed by atoms with Crippen molar-refractivity contribution in [3.8, 4) is 5.75 Å². The van der Waals surface area contributed by atoms with E-state index in [1.54, 1.807) is 24.3 Å².